The van der Waals surface area contributed by atoms with Crippen LogP contribution in [0, 0.1) is 0 Å². The Kier molecular flexibility index (Phi) is 7.20. The number of ether oxygens (including phenoxy) is 2. The first kappa shape index (κ1) is 20.8. The van der Waals surface area contributed by atoms with Gasteiger partial charge in [-0.1, -0.05) is 15.9 Å². The zero-order chi connectivity index (χ0) is 20.6. The van der Waals surface area contributed by atoms with Gasteiger partial charge in [-0.05, 0) is 67.7 Å². The molecule has 0 aliphatic heterocycles. The highest BCUT2D eigenvalue weighted by atomic mass is 79.9. The molecule has 29 heavy (non-hydrogen) atoms. The van der Waals surface area contributed by atoms with Gasteiger partial charge in [0.25, 0.3) is 0 Å². The van der Waals surface area contributed by atoms with Crippen molar-refractivity contribution in [2.45, 2.75) is 13.7 Å². The fourth-order valence-corrected chi connectivity index (χ4v) is 2.87. The number of carbonyl (C=O) groups is 1. The molecule has 0 aliphatic rings. The van der Waals surface area contributed by atoms with Crippen molar-refractivity contribution >= 4 is 50.6 Å². The first-order valence-electron chi connectivity index (χ1n) is 8.79. The van der Waals surface area contributed by atoms with Gasteiger partial charge in [0.1, 0.15) is 5.75 Å². The second-order valence-corrected chi connectivity index (χ2v) is 7.20. The average Bonchev–Trinajstić information content (AvgIpc) is 3.15. The quantitative estimate of drug-likeness (QED) is 0.380. The first-order valence-corrected chi connectivity index (χ1v) is 9.99. The molecule has 0 atom stereocenters. The number of thiocarbonyl (C=S) groups is 1. The number of nitrogens with zero attached hydrogens (tertiary/aromatic N) is 2. The predicted molar refractivity (Wildman–Crippen MR) is 119 cm³/mol. The fraction of sp³-hybridized carbons (Fsp3) is 0.150. The summed E-state index contributed by atoms with van der Waals surface area (Å²) in [7, 11) is 0. The van der Waals surface area contributed by atoms with Gasteiger partial charge in [0.05, 0.1) is 30.3 Å². The Hall–Kier alpha value is -2.91. The SMILES string of the molecule is CCOC(=O)c1ccc(NC(=S)Nc2cnn(COc3ccc(Br)cc3)c2)cc1. The molecule has 0 unspecified atom stereocenters. The van der Waals surface area contributed by atoms with Crippen molar-refractivity contribution in [1.82, 2.24) is 9.78 Å². The summed E-state index contributed by atoms with van der Waals surface area (Å²) in [6, 6.07) is 14.5. The Morgan fingerprint density at radius 3 is 2.48 bits per heavy atom. The molecule has 0 aliphatic carbocycles. The summed E-state index contributed by atoms with van der Waals surface area (Å²) in [5.74, 6) is 0.402. The highest BCUT2D eigenvalue weighted by Crippen LogP contribution is 2.17. The van der Waals surface area contributed by atoms with Crippen LogP contribution in [0.5, 0.6) is 5.75 Å². The number of anilines is 2. The summed E-state index contributed by atoms with van der Waals surface area (Å²) in [5.41, 5.74) is 1.97. The molecule has 0 bridgehead atoms. The number of halogens is 1. The van der Waals surface area contributed by atoms with Crippen LogP contribution in [0.1, 0.15) is 17.3 Å². The van der Waals surface area contributed by atoms with Gasteiger partial charge in [0.15, 0.2) is 11.8 Å². The lowest BCUT2D eigenvalue weighted by atomic mass is 10.2. The van der Waals surface area contributed by atoms with Crippen molar-refractivity contribution in [2.75, 3.05) is 17.2 Å². The van der Waals surface area contributed by atoms with E-state index in [4.69, 9.17) is 21.7 Å². The van der Waals surface area contributed by atoms with E-state index in [0.29, 0.717) is 17.3 Å². The Labute approximate surface area is 182 Å². The largest absolute Gasteiger partial charge is 0.471 e. The third-order valence-electron chi connectivity index (χ3n) is 3.72. The summed E-state index contributed by atoms with van der Waals surface area (Å²) in [6.45, 7) is 2.39. The van der Waals surface area contributed by atoms with Crippen molar-refractivity contribution in [3.05, 3.63) is 71.0 Å². The standard InChI is InChI=1S/C20H19BrN4O3S/c1-2-27-19(26)14-3-7-16(8-4-14)23-20(29)24-17-11-22-25(12-17)13-28-18-9-5-15(21)6-10-18/h3-12H,2,13H2,1H3,(H2,23,24,29). The molecule has 150 valence electrons. The van der Waals surface area contributed by atoms with E-state index in [0.717, 1.165) is 21.6 Å². The van der Waals surface area contributed by atoms with E-state index in [9.17, 15) is 4.79 Å². The smallest absolute Gasteiger partial charge is 0.338 e. The highest BCUT2D eigenvalue weighted by Gasteiger charge is 2.07. The second kappa shape index (κ2) is 10.0. The van der Waals surface area contributed by atoms with Gasteiger partial charge in [-0.25, -0.2) is 9.48 Å². The molecule has 0 saturated heterocycles. The molecule has 9 heteroatoms. The van der Waals surface area contributed by atoms with Crippen LogP contribution in [0.15, 0.2) is 65.4 Å². The Balaban J connectivity index is 1.49. The molecule has 1 aromatic heterocycles. The molecule has 0 amide bonds. The van der Waals surface area contributed by atoms with E-state index in [1.54, 1.807) is 48.3 Å². The third-order valence-corrected chi connectivity index (χ3v) is 4.45. The van der Waals surface area contributed by atoms with E-state index in [1.165, 1.54) is 0 Å². The van der Waals surface area contributed by atoms with E-state index < -0.39 is 0 Å². The van der Waals surface area contributed by atoms with Crippen LogP contribution in [0.4, 0.5) is 11.4 Å². The minimum Gasteiger partial charge on any atom is -0.471 e. The molecule has 3 rings (SSSR count). The lowest BCUT2D eigenvalue weighted by Crippen LogP contribution is -2.18. The minimum atomic E-state index is -0.350. The third kappa shape index (κ3) is 6.30. The summed E-state index contributed by atoms with van der Waals surface area (Å²) in [6.07, 6.45) is 3.44. The number of esters is 1. The molecule has 7 nitrogen and oxygen atoms in total. The average molecular weight is 475 g/mol. The van der Waals surface area contributed by atoms with E-state index in [-0.39, 0.29) is 12.7 Å². The van der Waals surface area contributed by atoms with Gasteiger partial charge >= 0.3 is 5.97 Å². The zero-order valence-electron chi connectivity index (χ0n) is 15.6. The van der Waals surface area contributed by atoms with E-state index >= 15 is 0 Å². The fourth-order valence-electron chi connectivity index (χ4n) is 2.37. The van der Waals surface area contributed by atoms with Crippen molar-refractivity contribution in [3.63, 3.8) is 0 Å². The summed E-state index contributed by atoms with van der Waals surface area (Å²) in [5, 5.41) is 10.8. The monoisotopic (exact) mass is 474 g/mol. The highest BCUT2D eigenvalue weighted by molar-refractivity contribution is 9.10. The Morgan fingerprint density at radius 1 is 1.10 bits per heavy atom. The number of rotatable bonds is 7. The number of hydrogen-bond acceptors (Lipinski definition) is 5. The van der Waals surface area contributed by atoms with Crippen molar-refractivity contribution in [3.8, 4) is 5.75 Å². The van der Waals surface area contributed by atoms with Crippen LogP contribution in [0.25, 0.3) is 0 Å². The summed E-state index contributed by atoms with van der Waals surface area (Å²) < 4.78 is 13.3. The van der Waals surface area contributed by atoms with Gasteiger partial charge in [-0.15, -0.1) is 0 Å². The van der Waals surface area contributed by atoms with E-state index in [1.807, 2.05) is 24.3 Å². The Bertz CT molecular complexity index is 974. The maximum Gasteiger partial charge on any atom is 0.338 e. The minimum absolute atomic E-state index is 0.277. The number of hydrogen-bond donors (Lipinski definition) is 2. The maximum atomic E-state index is 11.7. The van der Waals surface area contributed by atoms with Crippen LogP contribution >= 0.6 is 28.1 Å². The summed E-state index contributed by atoms with van der Waals surface area (Å²) in [4.78, 5) is 11.7. The number of nitrogens with one attached hydrogen (secondary N) is 2. The topological polar surface area (TPSA) is 77.4 Å². The number of carbonyl (C=O) groups excluding carboxylic acids is 1. The van der Waals surface area contributed by atoms with Crippen LogP contribution in [0.3, 0.4) is 0 Å². The maximum absolute atomic E-state index is 11.7. The van der Waals surface area contributed by atoms with Crippen molar-refractivity contribution < 1.29 is 14.3 Å². The molecular formula is C20H19BrN4O3S. The molecule has 0 radical (unpaired) electrons. The van der Waals surface area contributed by atoms with E-state index in [2.05, 4.69) is 31.7 Å². The van der Waals surface area contributed by atoms with Gasteiger partial charge in [0, 0.05) is 10.2 Å². The van der Waals surface area contributed by atoms with Gasteiger partial charge in [-0.3, -0.25) is 0 Å². The molecule has 0 fully saturated rings. The predicted octanol–water partition coefficient (Wildman–Crippen LogP) is 4.67. The normalized spacial score (nSPS) is 10.3. The molecule has 0 spiro atoms. The lowest BCUT2D eigenvalue weighted by Gasteiger charge is -2.09. The van der Waals surface area contributed by atoms with Crippen molar-refractivity contribution in [2.24, 2.45) is 0 Å². The second-order valence-electron chi connectivity index (χ2n) is 5.87. The number of aromatic nitrogens is 2. The molecular weight excluding hydrogens is 456 g/mol. The molecule has 2 N–H and O–H groups in total. The van der Waals surface area contributed by atoms with Crippen LogP contribution in [-0.4, -0.2) is 27.5 Å². The van der Waals surface area contributed by atoms with Gasteiger partial charge < -0.3 is 20.1 Å². The van der Waals surface area contributed by atoms with Crippen LogP contribution < -0.4 is 15.4 Å². The molecule has 0 saturated carbocycles. The zero-order valence-corrected chi connectivity index (χ0v) is 18.0. The number of benzene rings is 2. The van der Waals surface area contributed by atoms with Crippen LogP contribution in [0.2, 0.25) is 0 Å². The lowest BCUT2D eigenvalue weighted by molar-refractivity contribution is 0.0526. The summed E-state index contributed by atoms with van der Waals surface area (Å²) >= 11 is 8.71. The molecule has 2 aromatic carbocycles. The first-order chi connectivity index (χ1) is 14.0. The molecule has 1 heterocycles. The molecule has 3 aromatic rings. The van der Waals surface area contributed by atoms with Gasteiger partial charge in [0.2, 0.25) is 0 Å². The van der Waals surface area contributed by atoms with Crippen LogP contribution in [-0.2, 0) is 11.5 Å². The van der Waals surface area contributed by atoms with Gasteiger partial charge in [-0.2, -0.15) is 5.10 Å². The Morgan fingerprint density at radius 2 is 1.79 bits per heavy atom. The van der Waals surface area contributed by atoms with Crippen molar-refractivity contribution in [1.29, 1.82) is 0 Å².